The van der Waals surface area contributed by atoms with Crippen LogP contribution in [0.1, 0.15) is 11.3 Å². The first kappa shape index (κ1) is 22.0. The molecule has 3 N–H and O–H groups in total. The number of hydrogen-bond donors (Lipinski definition) is 3. The molecule has 11 nitrogen and oxygen atoms in total. The smallest absolute Gasteiger partial charge is 0.390 e. The van der Waals surface area contributed by atoms with Crippen LogP contribution in [0.25, 0.3) is 0 Å². The number of carbonyl (C=O) groups is 1. The molecule has 12 heteroatoms. The van der Waals surface area contributed by atoms with Crippen LogP contribution in [0, 0.1) is 10.1 Å². The number of nitrogens with zero attached hydrogens (tertiary/aromatic N) is 4. The van der Waals surface area contributed by atoms with Crippen molar-refractivity contribution >= 4 is 22.9 Å². The van der Waals surface area contributed by atoms with E-state index in [0.717, 1.165) is 31.7 Å². The zero-order chi connectivity index (χ0) is 21.5. The van der Waals surface area contributed by atoms with Gasteiger partial charge in [0, 0.05) is 32.7 Å². The van der Waals surface area contributed by atoms with Gasteiger partial charge in [0.25, 0.3) is 5.91 Å². The summed E-state index contributed by atoms with van der Waals surface area (Å²) in [7, 11) is 0. The molecule has 1 fully saturated rings. The molecule has 1 saturated heterocycles. The second-order valence-corrected chi connectivity index (χ2v) is 7.88. The SMILES string of the molecule is O=C(Cn1c(CN2CCNCC2)cnc1[N+](=O)[O-])NCCc1ccc(S(=O)O)cc1. The van der Waals surface area contributed by atoms with Crippen molar-refractivity contribution < 1.29 is 18.5 Å². The summed E-state index contributed by atoms with van der Waals surface area (Å²) in [6, 6.07) is 6.57. The minimum absolute atomic E-state index is 0.180. The summed E-state index contributed by atoms with van der Waals surface area (Å²) in [5.74, 6) is -0.686. The molecule has 0 saturated carbocycles. The topological polar surface area (TPSA) is 143 Å². The molecule has 0 radical (unpaired) electrons. The summed E-state index contributed by atoms with van der Waals surface area (Å²) in [6.07, 6.45) is 1.99. The van der Waals surface area contributed by atoms with Crippen LogP contribution in [0.5, 0.6) is 0 Å². The number of nitro groups is 1. The molecular weight excluding hydrogens is 412 g/mol. The highest BCUT2D eigenvalue weighted by Crippen LogP contribution is 2.15. The molecule has 2 aromatic rings. The maximum absolute atomic E-state index is 12.4. The molecule has 1 unspecified atom stereocenters. The lowest BCUT2D eigenvalue weighted by atomic mass is 10.1. The maximum Gasteiger partial charge on any atom is 0.435 e. The first-order chi connectivity index (χ1) is 14.4. The highest BCUT2D eigenvalue weighted by atomic mass is 32.2. The largest absolute Gasteiger partial charge is 0.435 e. The number of piperazine rings is 1. The quantitative estimate of drug-likeness (QED) is 0.286. The molecular formula is C18H24N6O5S. The van der Waals surface area contributed by atoms with Gasteiger partial charge in [-0.05, 0) is 29.0 Å². The van der Waals surface area contributed by atoms with Crippen LogP contribution < -0.4 is 10.6 Å². The Morgan fingerprint density at radius 2 is 2.00 bits per heavy atom. The Bertz CT molecular complexity index is 910. The van der Waals surface area contributed by atoms with Crippen LogP contribution in [-0.4, -0.2) is 66.8 Å². The summed E-state index contributed by atoms with van der Waals surface area (Å²) in [4.78, 5) is 29.5. The van der Waals surface area contributed by atoms with Crippen molar-refractivity contribution in [3.05, 3.63) is 51.8 Å². The van der Waals surface area contributed by atoms with Gasteiger partial charge in [0.1, 0.15) is 11.9 Å². The number of aromatic nitrogens is 2. The molecule has 3 rings (SSSR count). The predicted molar refractivity (Wildman–Crippen MR) is 109 cm³/mol. The van der Waals surface area contributed by atoms with Crippen molar-refractivity contribution in [1.29, 1.82) is 0 Å². The molecule has 0 bridgehead atoms. The van der Waals surface area contributed by atoms with Gasteiger partial charge in [-0.25, -0.2) is 8.78 Å². The van der Waals surface area contributed by atoms with Gasteiger partial charge in [-0.15, -0.1) is 0 Å². The van der Waals surface area contributed by atoms with E-state index in [9.17, 15) is 19.1 Å². The monoisotopic (exact) mass is 436 g/mol. The van der Waals surface area contributed by atoms with Crippen molar-refractivity contribution in [3.8, 4) is 0 Å². The van der Waals surface area contributed by atoms with E-state index in [4.69, 9.17) is 4.55 Å². The summed E-state index contributed by atoms with van der Waals surface area (Å²) in [5, 5.41) is 17.3. The maximum atomic E-state index is 12.4. The van der Waals surface area contributed by atoms with Gasteiger partial charge in [0.05, 0.1) is 11.4 Å². The molecule has 1 atom stereocenters. The van der Waals surface area contributed by atoms with E-state index in [1.807, 2.05) is 0 Å². The standard InChI is InChI=1S/C18H24N6O5S/c25-17(20-6-5-14-1-3-16(4-2-14)30(28)29)13-23-15(11-21-18(23)24(26)27)12-22-9-7-19-8-10-22/h1-4,11,19H,5-10,12-13H2,(H,20,25)(H,28,29). The molecule has 0 spiro atoms. The van der Waals surface area contributed by atoms with Crippen molar-refractivity contribution in [3.63, 3.8) is 0 Å². The summed E-state index contributed by atoms with van der Waals surface area (Å²) >= 11 is -2.02. The average molecular weight is 436 g/mol. The lowest BCUT2D eigenvalue weighted by Crippen LogP contribution is -2.43. The molecule has 0 aliphatic carbocycles. The van der Waals surface area contributed by atoms with Gasteiger partial charge in [-0.2, -0.15) is 0 Å². The van der Waals surface area contributed by atoms with Crippen LogP contribution in [0.3, 0.4) is 0 Å². The van der Waals surface area contributed by atoms with Gasteiger partial charge in [0.2, 0.25) is 0 Å². The van der Waals surface area contributed by atoms with Crippen molar-refractivity contribution in [2.45, 2.75) is 24.4 Å². The molecule has 1 aliphatic heterocycles. The van der Waals surface area contributed by atoms with E-state index in [2.05, 4.69) is 20.5 Å². The fraction of sp³-hybridized carbons (Fsp3) is 0.444. The summed E-state index contributed by atoms with van der Waals surface area (Å²) in [5.41, 5.74) is 1.53. The zero-order valence-corrected chi connectivity index (χ0v) is 17.1. The number of nitrogens with one attached hydrogen (secondary N) is 2. The average Bonchev–Trinajstić information content (AvgIpc) is 3.11. The van der Waals surface area contributed by atoms with Gasteiger partial charge in [-0.3, -0.25) is 9.69 Å². The second-order valence-electron chi connectivity index (χ2n) is 6.91. The number of rotatable bonds is 9. The molecule has 30 heavy (non-hydrogen) atoms. The minimum atomic E-state index is -2.02. The van der Waals surface area contributed by atoms with Crippen LogP contribution in [0.15, 0.2) is 35.4 Å². The number of hydrogen-bond acceptors (Lipinski definition) is 7. The van der Waals surface area contributed by atoms with E-state index in [0.29, 0.717) is 30.1 Å². The first-order valence-corrected chi connectivity index (χ1v) is 10.6. The Balaban J connectivity index is 1.57. The number of benzene rings is 1. The highest BCUT2D eigenvalue weighted by molar-refractivity contribution is 7.79. The van der Waals surface area contributed by atoms with Crippen molar-refractivity contribution in [2.24, 2.45) is 0 Å². The van der Waals surface area contributed by atoms with Gasteiger partial charge in [0.15, 0.2) is 17.6 Å². The third-order valence-electron chi connectivity index (χ3n) is 4.84. The predicted octanol–water partition coefficient (Wildman–Crippen LogP) is 0.136. The fourth-order valence-electron chi connectivity index (χ4n) is 3.26. The van der Waals surface area contributed by atoms with Crippen LogP contribution in [0.4, 0.5) is 5.95 Å². The van der Waals surface area contributed by atoms with Gasteiger partial charge >= 0.3 is 5.95 Å². The van der Waals surface area contributed by atoms with Gasteiger partial charge < -0.3 is 25.3 Å². The lowest BCUT2D eigenvalue weighted by Gasteiger charge is -2.26. The number of imidazole rings is 1. The van der Waals surface area contributed by atoms with Crippen LogP contribution in [0.2, 0.25) is 0 Å². The van der Waals surface area contributed by atoms with E-state index in [1.54, 1.807) is 24.3 Å². The highest BCUT2D eigenvalue weighted by Gasteiger charge is 2.24. The minimum Gasteiger partial charge on any atom is -0.390 e. The Hall–Kier alpha value is -2.67. The van der Waals surface area contributed by atoms with E-state index < -0.39 is 16.0 Å². The number of carbonyl (C=O) groups excluding carboxylic acids is 1. The molecule has 1 aromatic carbocycles. The Kier molecular flexibility index (Phi) is 7.63. The molecule has 162 valence electrons. The molecule has 1 aliphatic rings. The normalized spacial score (nSPS) is 15.6. The Morgan fingerprint density at radius 3 is 2.63 bits per heavy atom. The Labute approximate surface area is 175 Å². The van der Waals surface area contributed by atoms with E-state index in [-0.39, 0.29) is 18.4 Å². The van der Waals surface area contributed by atoms with Gasteiger partial charge in [-0.1, -0.05) is 17.1 Å². The second kappa shape index (κ2) is 10.4. The summed E-state index contributed by atoms with van der Waals surface area (Å²) in [6.45, 7) is 4.02. The third kappa shape index (κ3) is 5.92. The van der Waals surface area contributed by atoms with E-state index >= 15 is 0 Å². The lowest BCUT2D eigenvalue weighted by molar-refractivity contribution is -0.396. The van der Waals surface area contributed by atoms with Crippen molar-refractivity contribution in [1.82, 2.24) is 25.1 Å². The fourth-order valence-corrected chi connectivity index (χ4v) is 3.63. The summed E-state index contributed by atoms with van der Waals surface area (Å²) < 4.78 is 21.4. The van der Waals surface area contributed by atoms with Crippen LogP contribution >= 0.6 is 0 Å². The first-order valence-electron chi connectivity index (χ1n) is 9.52. The molecule has 1 amide bonds. The third-order valence-corrected chi connectivity index (χ3v) is 5.51. The Morgan fingerprint density at radius 1 is 1.30 bits per heavy atom. The molecule has 1 aromatic heterocycles. The zero-order valence-electron chi connectivity index (χ0n) is 16.3. The molecule has 2 heterocycles. The van der Waals surface area contributed by atoms with Crippen molar-refractivity contribution in [2.75, 3.05) is 32.7 Å². The van der Waals surface area contributed by atoms with E-state index in [1.165, 1.54) is 10.8 Å². The van der Waals surface area contributed by atoms with Crippen LogP contribution in [-0.2, 0) is 35.4 Å². The number of amides is 1.